The number of fused-ring (bicyclic) bond motifs is 1. The van der Waals surface area contributed by atoms with Gasteiger partial charge in [-0.3, -0.25) is 9.59 Å². The van der Waals surface area contributed by atoms with Crippen molar-refractivity contribution in [3.63, 3.8) is 0 Å². The fraction of sp³-hybridized carbons (Fsp3) is 0.292. The number of carbonyl (C=O) groups is 2. The van der Waals surface area contributed by atoms with E-state index >= 15 is 0 Å². The van der Waals surface area contributed by atoms with Gasteiger partial charge in [-0.05, 0) is 96.9 Å². The fourth-order valence-corrected chi connectivity index (χ4v) is 7.66. The monoisotopic (exact) mass is 877 g/mol. The van der Waals surface area contributed by atoms with Crippen LogP contribution >= 0.6 is 11.6 Å². The molecule has 0 spiro atoms. The maximum Gasteiger partial charge on any atom is 0.387 e. The summed E-state index contributed by atoms with van der Waals surface area (Å²) in [6.45, 7) is 4.60. The van der Waals surface area contributed by atoms with Crippen LogP contribution in [0, 0.1) is 25.2 Å². The third-order valence-electron chi connectivity index (χ3n) is 10.7. The number of benzene rings is 5. The summed E-state index contributed by atoms with van der Waals surface area (Å²) in [6, 6.07) is 27.1. The molecule has 2 heterocycles. The molecule has 326 valence electrons. The van der Waals surface area contributed by atoms with Crippen molar-refractivity contribution in [2.24, 2.45) is 0 Å². The highest BCUT2D eigenvalue weighted by atomic mass is 35.5. The number of nitrogens with zero attached hydrogens (tertiary/aromatic N) is 2. The fourth-order valence-electron chi connectivity index (χ4n) is 7.41. The standard InChI is InChI=1S/C48H46ClF2N5O7/c1-28-33(26-60-44-21-42(59-25-32-9-4-8-31(18-32)23-52)34(19-39(44)49)24-53-16-17-54-30(3)57)10-5-11-36(28)37-12-6-13-38(29(37)2)46-56-41-20-35(27-61-47(58)40-14-7-15-55-40)43(63-48(50)51)22-45(41)62-46/h4-6,8-13,18-22,40,48,53,55H,7,14-17,24-27H2,1-3H3,(H,54,57)/t40-/m0/s1. The third kappa shape index (κ3) is 11.1. The van der Waals surface area contributed by atoms with E-state index in [4.69, 9.17) is 39.9 Å². The van der Waals surface area contributed by atoms with Gasteiger partial charge in [0.2, 0.25) is 11.8 Å². The molecule has 15 heteroatoms. The molecule has 0 bridgehead atoms. The number of hydrogen-bond donors (Lipinski definition) is 3. The van der Waals surface area contributed by atoms with Crippen molar-refractivity contribution in [3.05, 3.63) is 129 Å². The summed E-state index contributed by atoms with van der Waals surface area (Å²) in [7, 11) is 0. The van der Waals surface area contributed by atoms with E-state index in [0.29, 0.717) is 65.8 Å². The molecule has 0 saturated carbocycles. The Bertz CT molecular complexity index is 2660. The molecule has 0 aliphatic carbocycles. The zero-order chi connectivity index (χ0) is 44.5. The Labute approximate surface area is 368 Å². The Hall–Kier alpha value is -6.53. The number of aromatic nitrogens is 1. The number of hydrogen-bond acceptors (Lipinski definition) is 11. The first-order valence-corrected chi connectivity index (χ1v) is 20.8. The average Bonchev–Trinajstić information content (AvgIpc) is 3.96. The van der Waals surface area contributed by atoms with Gasteiger partial charge in [-0.2, -0.15) is 14.0 Å². The Kier molecular flexibility index (Phi) is 14.5. The van der Waals surface area contributed by atoms with E-state index in [0.717, 1.165) is 45.4 Å². The number of carbonyl (C=O) groups excluding carboxylic acids is 2. The summed E-state index contributed by atoms with van der Waals surface area (Å²) < 4.78 is 56.0. The van der Waals surface area contributed by atoms with Crippen molar-refractivity contribution in [2.75, 3.05) is 19.6 Å². The lowest BCUT2D eigenvalue weighted by atomic mass is 9.91. The Morgan fingerprint density at radius 2 is 1.65 bits per heavy atom. The highest BCUT2D eigenvalue weighted by Crippen LogP contribution is 2.38. The van der Waals surface area contributed by atoms with E-state index in [-0.39, 0.29) is 48.5 Å². The highest BCUT2D eigenvalue weighted by Gasteiger charge is 2.25. The number of nitrogens with one attached hydrogen (secondary N) is 3. The van der Waals surface area contributed by atoms with Crippen molar-refractivity contribution >= 4 is 34.6 Å². The minimum Gasteiger partial charge on any atom is -0.488 e. The van der Waals surface area contributed by atoms with Crippen LogP contribution in [-0.4, -0.2) is 49.1 Å². The molecule has 0 radical (unpaired) electrons. The van der Waals surface area contributed by atoms with E-state index in [1.807, 2.05) is 62.4 Å². The Balaban J connectivity index is 1.11. The lowest BCUT2D eigenvalue weighted by Gasteiger charge is -2.18. The summed E-state index contributed by atoms with van der Waals surface area (Å²) in [6.07, 6.45) is 1.50. The van der Waals surface area contributed by atoms with Crippen LogP contribution in [0.5, 0.6) is 17.2 Å². The van der Waals surface area contributed by atoms with Gasteiger partial charge >= 0.3 is 12.6 Å². The highest BCUT2D eigenvalue weighted by molar-refractivity contribution is 6.32. The predicted molar refractivity (Wildman–Crippen MR) is 233 cm³/mol. The zero-order valence-electron chi connectivity index (χ0n) is 35.0. The van der Waals surface area contributed by atoms with Crippen LogP contribution in [0.4, 0.5) is 8.78 Å². The molecule has 12 nitrogen and oxygen atoms in total. The van der Waals surface area contributed by atoms with Crippen LogP contribution in [0.1, 0.15) is 58.7 Å². The number of ether oxygens (including phenoxy) is 4. The van der Waals surface area contributed by atoms with Gasteiger partial charge in [0.15, 0.2) is 5.58 Å². The van der Waals surface area contributed by atoms with E-state index in [1.165, 1.54) is 13.0 Å². The van der Waals surface area contributed by atoms with Gasteiger partial charge in [0.1, 0.15) is 48.6 Å². The van der Waals surface area contributed by atoms with Gasteiger partial charge in [-0.1, -0.05) is 54.1 Å². The van der Waals surface area contributed by atoms with Gasteiger partial charge < -0.3 is 39.3 Å². The van der Waals surface area contributed by atoms with Crippen LogP contribution in [0.25, 0.3) is 33.7 Å². The first-order valence-electron chi connectivity index (χ1n) is 20.5. The van der Waals surface area contributed by atoms with Crippen molar-refractivity contribution in [1.29, 1.82) is 5.26 Å². The van der Waals surface area contributed by atoms with Crippen molar-refractivity contribution in [1.82, 2.24) is 20.9 Å². The first kappa shape index (κ1) is 44.5. The molecule has 1 aromatic heterocycles. The lowest BCUT2D eigenvalue weighted by molar-refractivity contribution is -0.147. The first-order chi connectivity index (χ1) is 30.5. The number of esters is 1. The third-order valence-corrected chi connectivity index (χ3v) is 11.0. The Morgan fingerprint density at radius 1 is 0.889 bits per heavy atom. The number of amides is 1. The molecule has 1 saturated heterocycles. The molecule has 1 aliphatic heterocycles. The van der Waals surface area contributed by atoms with Crippen molar-refractivity contribution < 1.29 is 41.7 Å². The maximum absolute atomic E-state index is 13.5. The van der Waals surface area contributed by atoms with Crippen LogP contribution < -0.4 is 30.2 Å². The van der Waals surface area contributed by atoms with E-state index < -0.39 is 18.6 Å². The quantitative estimate of drug-likeness (QED) is 0.0559. The number of alkyl halides is 2. The molecule has 5 aromatic carbocycles. The topological polar surface area (TPSA) is 157 Å². The van der Waals surface area contributed by atoms with Gasteiger partial charge in [-0.15, -0.1) is 0 Å². The summed E-state index contributed by atoms with van der Waals surface area (Å²) in [5.74, 6) is 0.530. The van der Waals surface area contributed by atoms with Gasteiger partial charge in [-0.25, -0.2) is 4.98 Å². The van der Waals surface area contributed by atoms with E-state index in [2.05, 4.69) is 22.0 Å². The molecule has 63 heavy (non-hydrogen) atoms. The lowest BCUT2D eigenvalue weighted by Crippen LogP contribution is -2.32. The minimum absolute atomic E-state index is 0.109. The molecular weight excluding hydrogens is 832 g/mol. The molecule has 1 amide bonds. The summed E-state index contributed by atoms with van der Waals surface area (Å²) in [5.41, 5.74) is 8.36. The number of nitriles is 1. The van der Waals surface area contributed by atoms with E-state index in [1.54, 1.807) is 30.3 Å². The molecule has 1 aliphatic rings. The summed E-state index contributed by atoms with van der Waals surface area (Å²) in [4.78, 5) is 28.6. The molecule has 7 rings (SSSR count). The smallest absolute Gasteiger partial charge is 0.387 e. The second kappa shape index (κ2) is 20.6. The van der Waals surface area contributed by atoms with Crippen LogP contribution in [-0.2, 0) is 40.7 Å². The van der Waals surface area contributed by atoms with Crippen LogP contribution in [0.2, 0.25) is 5.02 Å². The Morgan fingerprint density at radius 3 is 2.41 bits per heavy atom. The number of halogens is 3. The largest absolute Gasteiger partial charge is 0.488 e. The summed E-state index contributed by atoms with van der Waals surface area (Å²) in [5, 5.41) is 18.9. The SMILES string of the molecule is CC(=O)NCCNCc1cc(Cl)c(OCc2cccc(-c3cccc(-c4nc5cc(COC(=O)[C@@H]6CCCN6)c(OC(F)F)cc5o4)c3C)c2C)cc1OCc1cccc(C#N)c1. The normalized spacial score (nSPS) is 13.5. The molecule has 3 N–H and O–H groups in total. The van der Waals surface area contributed by atoms with Gasteiger partial charge in [0.25, 0.3) is 0 Å². The zero-order valence-corrected chi connectivity index (χ0v) is 35.7. The molecule has 6 aromatic rings. The van der Waals surface area contributed by atoms with Gasteiger partial charge in [0, 0.05) is 55.4 Å². The average molecular weight is 878 g/mol. The molecular formula is C48H46ClF2N5O7. The number of oxazole rings is 1. The second-order valence-electron chi connectivity index (χ2n) is 15.1. The van der Waals surface area contributed by atoms with Crippen LogP contribution in [0.3, 0.4) is 0 Å². The number of rotatable bonds is 18. The van der Waals surface area contributed by atoms with Gasteiger partial charge in [0.05, 0.1) is 16.7 Å². The van der Waals surface area contributed by atoms with Crippen molar-refractivity contribution in [3.8, 4) is 45.9 Å². The van der Waals surface area contributed by atoms with Crippen molar-refractivity contribution in [2.45, 2.75) is 72.6 Å². The predicted octanol–water partition coefficient (Wildman–Crippen LogP) is 9.08. The molecule has 0 unspecified atom stereocenters. The summed E-state index contributed by atoms with van der Waals surface area (Å²) >= 11 is 6.81. The molecule has 1 fully saturated rings. The maximum atomic E-state index is 13.5. The van der Waals surface area contributed by atoms with Crippen LogP contribution in [0.15, 0.2) is 89.3 Å². The molecule has 1 atom stereocenters. The second-order valence-corrected chi connectivity index (χ2v) is 15.5. The minimum atomic E-state index is -3.10. The van der Waals surface area contributed by atoms with E-state index in [9.17, 15) is 23.6 Å².